The summed E-state index contributed by atoms with van der Waals surface area (Å²) in [5, 5.41) is 8.27. The molecule has 3 nitrogen and oxygen atoms in total. The quantitative estimate of drug-likeness (QED) is 0.624. The number of nitrogens with zero attached hydrogens (tertiary/aromatic N) is 1. The summed E-state index contributed by atoms with van der Waals surface area (Å²) in [6.07, 6.45) is 4.62. The van der Waals surface area contributed by atoms with Gasteiger partial charge in [0.15, 0.2) is 0 Å². The fourth-order valence-corrected chi connectivity index (χ4v) is 0.458. The van der Waals surface area contributed by atoms with Crippen molar-refractivity contribution in [1.82, 2.24) is 0 Å². The van der Waals surface area contributed by atoms with Crippen LogP contribution in [0, 0.1) is 0 Å². The van der Waals surface area contributed by atoms with E-state index in [2.05, 4.69) is 11.6 Å². The van der Waals surface area contributed by atoms with Gasteiger partial charge in [0.2, 0.25) is 0 Å². The van der Waals surface area contributed by atoms with Crippen LogP contribution in [0.2, 0.25) is 0 Å². The SMILES string of the molecule is C=C/C=N\C(C)=C/CC(=O)O. The van der Waals surface area contributed by atoms with Crippen molar-refractivity contribution in [3.8, 4) is 0 Å². The van der Waals surface area contributed by atoms with Crippen LogP contribution in [0.5, 0.6) is 0 Å². The van der Waals surface area contributed by atoms with Crippen LogP contribution in [0.1, 0.15) is 13.3 Å². The van der Waals surface area contributed by atoms with Crippen molar-refractivity contribution in [2.75, 3.05) is 0 Å². The molecule has 1 N–H and O–H groups in total. The van der Waals surface area contributed by atoms with Gasteiger partial charge in [-0.3, -0.25) is 9.79 Å². The van der Waals surface area contributed by atoms with E-state index in [4.69, 9.17) is 5.11 Å². The number of carboxylic acids is 1. The van der Waals surface area contributed by atoms with Crippen molar-refractivity contribution in [3.63, 3.8) is 0 Å². The summed E-state index contributed by atoms with van der Waals surface area (Å²) in [6.45, 7) is 5.17. The predicted octanol–water partition coefficient (Wildman–Crippen LogP) is 1.62. The largest absolute Gasteiger partial charge is 0.481 e. The van der Waals surface area contributed by atoms with E-state index in [1.807, 2.05) is 0 Å². The van der Waals surface area contributed by atoms with E-state index in [1.54, 1.807) is 13.0 Å². The van der Waals surface area contributed by atoms with Gasteiger partial charge in [-0.2, -0.15) is 0 Å². The third-order valence-electron chi connectivity index (χ3n) is 0.956. The van der Waals surface area contributed by atoms with Crippen LogP contribution in [-0.4, -0.2) is 17.3 Å². The second-order valence-electron chi connectivity index (χ2n) is 1.96. The van der Waals surface area contributed by atoms with E-state index in [9.17, 15) is 4.79 Å². The maximum atomic E-state index is 10.1. The summed E-state index contributed by atoms with van der Waals surface area (Å²) < 4.78 is 0. The average Bonchev–Trinajstić information content (AvgIpc) is 1.97. The van der Waals surface area contributed by atoms with Crippen LogP contribution in [-0.2, 0) is 4.79 Å². The van der Waals surface area contributed by atoms with Crippen LogP contribution in [0.15, 0.2) is 29.4 Å². The van der Waals surface area contributed by atoms with E-state index >= 15 is 0 Å². The highest BCUT2D eigenvalue weighted by Crippen LogP contribution is 1.95. The van der Waals surface area contributed by atoms with Crippen molar-refractivity contribution in [2.45, 2.75) is 13.3 Å². The minimum absolute atomic E-state index is 0.0142. The number of allylic oxidation sites excluding steroid dienone is 2. The minimum Gasteiger partial charge on any atom is -0.481 e. The smallest absolute Gasteiger partial charge is 0.307 e. The van der Waals surface area contributed by atoms with Crippen molar-refractivity contribution in [1.29, 1.82) is 0 Å². The average molecular weight is 153 g/mol. The molecule has 0 amide bonds. The van der Waals surface area contributed by atoms with Gasteiger partial charge in [-0.05, 0) is 6.92 Å². The molecule has 60 valence electrons. The van der Waals surface area contributed by atoms with E-state index in [0.29, 0.717) is 5.70 Å². The second kappa shape index (κ2) is 5.41. The second-order valence-corrected chi connectivity index (χ2v) is 1.96. The first-order valence-electron chi connectivity index (χ1n) is 3.20. The fraction of sp³-hybridized carbons (Fsp3) is 0.250. The summed E-state index contributed by atoms with van der Waals surface area (Å²) in [5.41, 5.74) is 0.687. The topological polar surface area (TPSA) is 49.7 Å². The molecule has 0 saturated heterocycles. The zero-order valence-electron chi connectivity index (χ0n) is 6.45. The third kappa shape index (κ3) is 6.51. The van der Waals surface area contributed by atoms with Gasteiger partial charge in [-0.25, -0.2) is 0 Å². The lowest BCUT2D eigenvalue weighted by Gasteiger charge is -1.88. The normalized spacial score (nSPS) is 11.9. The summed E-state index contributed by atoms with van der Waals surface area (Å²) in [7, 11) is 0. The molecule has 0 rings (SSSR count). The van der Waals surface area contributed by atoms with Crippen LogP contribution >= 0.6 is 0 Å². The molecule has 11 heavy (non-hydrogen) atoms. The van der Waals surface area contributed by atoms with Crippen molar-refractivity contribution < 1.29 is 9.90 Å². The molecule has 0 aromatic heterocycles. The fourth-order valence-electron chi connectivity index (χ4n) is 0.458. The van der Waals surface area contributed by atoms with Gasteiger partial charge in [0.05, 0.1) is 6.42 Å². The van der Waals surface area contributed by atoms with Crippen molar-refractivity contribution >= 4 is 12.2 Å². The number of carbonyl (C=O) groups is 1. The molecule has 0 bridgehead atoms. The molecule has 0 saturated carbocycles. The Balaban J connectivity index is 3.90. The molecule has 0 atom stereocenters. The Morgan fingerprint density at radius 1 is 1.73 bits per heavy atom. The molecule has 0 aliphatic carbocycles. The number of hydrogen-bond donors (Lipinski definition) is 1. The Bertz CT molecular complexity index is 204. The third-order valence-corrected chi connectivity index (χ3v) is 0.956. The maximum absolute atomic E-state index is 10.1. The lowest BCUT2D eigenvalue weighted by Crippen LogP contribution is -1.90. The Kier molecular flexibility index (Phi) is 4.73. The van der Waals surface area contributed by atoms with Crippen LogP contribution < -0.4 is 0 Å². The van der Waals surface area contributed by atoms with E-state index in [-0.39, 0.29) is 6.42 Å². The van der Waals surface area contributed by atoms with Gasteiger partial charge in [-0.15, -0.1) is 0 Å². The highest BCUT2D eigenvalue weighted by molar-refractivity contribution is 5.72. The standard InChI is InChI=1S/C8H11NO2/c1-3-6-9-7(2)4-5-8(10)11/h3-4,6H,1,5H2,2H3,(H,10,11)/b7-4-,9-6-. The number of rotatable bonds is 4. The summed E-state index contributed by atoms with van der Waals surface area (Å²) >= 11 is 0. The Morgan fingerprint density at radius 3 is 2.82 bits per heavy atom. The Labute approximate surface area is 65.8 Å². The first-order valence-corrected chi connectivity index (χ1v) is 3.20. The van der Waals surface area contributed by atoms with Gasteiger partial charge in [-0.1, -0.05) is 18.7 Å². The van der Waals surface area contributed by atoms with Gasteiger partial charge >= 0.3 is 5.97 Å². The first-order chi connectivity index (χ1) is 5.16. The summed E-state index contributed by atoms with van der Waals surface area (Å²) in [4.78, 5) is 13.9. The highest BCUT2D eigenvalue weighted by Gasteiger charge is 1.90. The van der Waals surface area contributed by atoms with Crippen molar-refractivity contribution in [2.24, 2.45) is 4.99 Å². The van der Waals surface area contributed by atoms with Gasteiger partial charge in [0.1, 0.15) is 0 Å². The highest BCUT2D eigenvalue weighted by atomic mass is 16.4. The zero-order chi connectivity index (χ0) is 8.69. The molecular formula is C8H11NO2. The number of carboxylic acid groups (broad SMARTS) is 1. The molecular weight excluding hydrogens is 142 g/mol. The predicted molar refractivity (Wildman–Crippen MR) is 44.7 cm³/mol. The minimum atomic E-state index is -0.849. The van der Waals surface area contributed by atoms with Crippen LogP contribution in [0.4, 0.5) is 0 Å². The lowest BCUT2D eigenvalue weighted by atomic mass is 10.3. The number of aliphatic imine (C=N–C) groups is 1. The van der Waals surface area contributed by atoms with Crippen LogP contribution in [0.3, 0.4) is 0 Å². The molecule has 0 aromatic rings. The molecule has 0 unspecified atom stereocenters. The Hall–Kier alpha value is -1.38. The molecule has 0 aliphatic heterocycles. The first kappa shape index (κ1) is 9.62. The van der Waals surface area contributed by atoms with E-state index in [1.165, 1.54) is 12.3 Å². The summed E-state index contributed by atoms with van der Waals surface area (Å²) in [6, 6.07) is 0. The van der Waals surface area contributed by atoms with Crippen LogP contribution in [0.25, 0.3) is 0 Å². The molecule has 0 spiro atoms. The van der Waals surface area contributed by atoms with E-state index < -0.39 is 5.97 Å². The maximum Gasteiger partial charge on any atom is 0.307 e. The molecule has 0 fully saturated rings. The lowest BCUT2D eigenvalue weighted by molar-refractivity contribution is -0.136. The Morgan fingerprint density at radius 2 is 2.36 bits per heavy atom. The van der Waals surface area contributed by atoms with E-state index in [0.717, 1.165) is 0 Å². The molecule has 3 heteroatoms. The van der Waals surface area contributed by atoms with Gasteiger partial charge < -0.3 is 5.11 Å². The zero-order valence-corrected chi connectivity index (χ0v) is 6.45. The van der Waals surface area contributed by atoms with Gasteiger partial charge in [0, 0.05) is 11.9 Å². The number of aliphatic carboxylic acids is 1. The monoisotopic (exact) mass is 153 g/mol. The van der Waals surface area contributed by atoms with Crippen molar-refractivity contribution in [3.05, 3.63) is 24.4 Å². The molecule has 0 aromatic carbocycles. The number of hydrogen-bond acceptors (Lipinski definition) is 2. The summed E-state index contributed by atoms with van der Waals surface area (Å²) in [5.74, 6) is -0.849. The molecule has 0 aliphatic rings. The van der Waals surface area contributed by atoms with Gasteiger partial charge in [0.25, 0.3) is 0 Å². The molecule has 0 heterocycles. The molecule has 0 radical (unpaired) electrons.